The highest BCUT2D eigenvalue weighted by Gasteiger charge is 2.29. The SMILES string of the molecule is CS(=O)(=O)N(CC(=O)N/N=C/c1cccc(OCc2ccccc2)c1)C1CCCCC1. The van der Waals surface area contributed by atoms with Crippen molar-refractivity contribution in [3.8, 4) is 5.75 Å². The zero-order chi connectivity index (χ0) is 22.1. The zero-order valence-corrected chi connectivity index (χ0v) is 18.6. The lowest BCUT2D eigenvalue weighted by atomic mass is 9.95. The molecule has 166 valence electrons. The lowest BCUT2D eigenvalue weighted by Crippen LogP contribution is -2.45. The van der Waals surface area contributed by atoms with Crippen LogP contribution in [0, 0.1) is 0 Å². The van der Waals surface area contributed by atoms with Gasteiger partial charge in [-0.1, -0.05) is 61.7 Å². The summed E-state index contributed by atoms with van der Waals surface area (Å²) in [5, 5.41) is 3.98. The predicted octanol–water partition coefficient (Wildman–Crippen LogP) is 3.31. The van der Waals surface area contributed by atoms with E-state index >= 15 is 0 Å². The molecule has 7 nitrogen and oxygen atoms in total. The topological polar surface area (TPSA) is 88.1 Å². The van der Waals surface area contributed by atoms with Gasteiger partial charge < -0.3 is 4.74 Å². The highest BCUT2D eigenvalue weighted by Crippen LogP contribution is 2.24. The molecule has 0 atom stereocenters. The van der Waals surface area contributed by atoms with Crippen LogP contribution in [0.4, 0.5) is 0 Å². The number of carbonyl (C=O) groups excluding carboxylic acids is 1. The molecular weight excluding hydrogens is 414 g/mol. The smallest absolute Gasteiger partial charge is 0.255 e. The van der Waals surface area contributed by atoms with Gasteiger partial charge in [0, 0.05) is 6.04 Å². The molecule has 1 fully saturated rings. The molecule has 2 aromatic carbocycles. The van der Waals surface area contributed by atoms with Gasteiger partial charge in [0.05, 0.1) is 19.0 Å². The summed E-state index contributed by atoms with van der Waals surface area (Å²) in [5.74, 6) is 0.239. The van der Waals surface area contributed by atoms with Gasteiger partial charge in [0.15, 0.2) is 0 Å². The summed E-state index contributed by atoms with van der Waals surface area (Å²) in [7, 11) is -3.47. The zero-order valence-electron chi connectivity index (χ0n) is 17.7. The number of nitrogens with zero attached hydrogens (tertiary/aromatic N) is 2. The average Bonchev–Trinajstić information content (AvgIpc) is 2.77. The second kappa shape index (κ2) is 11.1. The van der Waals surface area contributed by atoms with Crippen molar-refractivity contribution in [2.45, 2.75) is 44.8 Å². The third-order valence-corrected chi connectivity index (χ3v) is 6.50. The van der Waals surface area contributed by atoms with Gasteiger partial charge in [-0.3, -0.25) is 4.79 Å². The fourth-order valence-electron chi connectivity index (χ4n) is 3.67. The molecule has 1 aliphatic rings. The Morgan fingerprint density at radius 3 is 2.58 bits per heavy atom. The van der Waals surface area contributed by atoms with Crippen molar-refractivity contribution in [1.82, 2.24) is 9.73 Å². The van der Waals surface area contributed by atoms with Crippen LogP contribution in [0.1, 0.15) is 43.2 Å². The van der Waals surface area contributed by atoms with Crippen LogP contribution in [0.2, 0.25) is 0 Å². The van der Waals surface area contributed by atoms with Crippen molar-refractivity contribution in [2.75, 3.05) is 12.8 Å². The number of sulfonamides is 1. The molecule has 1 saturated carbocycles. The maximum Gasteiger partial charge on any atom is 0.255 e. The summed E-state index contributed by atoms with van der Waals surface area (Å²) in [6.07, 6.45) is 7.33. The van der Waals surface area contributed by atoms with Gasteiger partial charge >= 0.3 is 0 Å². The number of nitrogens with one attached hydrogen (secondary N) is 1. The Morgan fingerprint density at radius 1 is 1.13 bits per heavy atom. The first kappa shape index (κ1) is 23.0. The first-order chi connectivity index (χ1) is 14.9. The van der Waals surface area contributed by atoms with E-state index in [0.29, 0.717) is 12.4 Å². The summed E-state index contributed by atoms with van der Waals surface area (Å²) in [6.45, 7) is 0.238. The number of hydrazone groups is 1. The monoisotopic (exact) mass is 443 g/mol. The second-order valence-corrected chi connectivity index (χ2v) is 9.68. The fourth-order valence-corrected chi connectivity index (χ4v) is 4.77. The lowest BCUT2D eigenvalue weighted by molar-refractivity contribution is -0.121. The van der Waals surface area contributed by atoms with Crippen LogP contribution < -0.4 is 10.2 Å². The van der Waals surface area contributed by atoms with E-state index < -0.39 is 15.9 Å². The minimum Gasteiger partial charge on any atom is -0.489 e. The molecule has 0 spiro atoms. The van der Waals surface area contributed by atoms with E-state index in [1.54, 1.807) is 0 Å². The lowest BCUT2D eigenvalue weighted by Gasteiger charge is -2.31. The number of hydrogen-bond acceptors (Lipinski definition) is 5. The molecule has 8 heteroatoms. The Morgan fingerprint density at radius 2 is 1.87 bits per heavy atom. The van der Waals surface area contributed by atoms with E-state index in [2.05, 4.69) is 10.5 Å². The van der Waals surface area contributed by atoms with E-state index in [1.165, 1.54) is 10.5 Å². The highest BCUT2D eigenvalue weighted by molar-refractivity contribution is 7.88. The first-order valence-corrected chi connectivity index (χ1v) is 12.3. The highest BCUT2D eigenvalue weighted by atomic mass is 32.2. The van der Waals surface area contributed by atoms with Gasteiger partial charge in [-0.15, -0.1) is 0 Å². The van der Waals surface area contributed by atoms with Crippen LogP contribution in [0.3, 0.4) is 0 Å². The summed E-state index contributed by atoms with van der Waals surface area (Å²) >= 11 is 0. The van der Waals surface area contributed by atoms with Crippen LogP contribution in [-0.4, -0.2) is 43.7 Å². The largest absolute Gasteiger partial charge is 0.489 e. The number of benzene rings is 2. The Balaban J connectivity index is 1.53. The number of hydrogen-bond donors (Lipinski definition) is 1. The molecule has 0 heterocycles. The first-order valence-electron chi connectivity index (χ1n) is 10.5. The Labute approximate surface area is 184 Å². The van der Waals surface area contributed by atoms with Crippen molar-refractivity contribution in [1.29, 1.82) is 0 Å². The van der Waals surface area contributed by atoms with Crippen LogP contribution in [-0.2, 0) is 21.4 Å². The molecular formula is C23H29N3O4S. The summed E-state index contributed by atoms with van der Waals surface area (Å²) in [6, 6.07) is 17.1. The van der Waals surface area contributed by atoms with Crippen molar-refractivity contribution >= 4 is 22.1 Å². The second-order valence-electron chi connectivity index (χ2n) is 7.74. The van der Waals surface area contributed by atoms with Crippen molar-refractivity contribution in [3.63, 3.8) is 0 Å². The molecule has 0 aromatic heterocycles. The molecule has 31 heavy (non-hydrogen) atoms. The van der Waals surface area contributed by atoms with Crippen LogP contribution in [0.15, 0.2) is 59.7 Å². The number of carbonyl (C=O) groups is 1. The predicted molar refractivity (Wildman–Crippen MR) is 121 cm³/mol. The normalized spacial score (nSPS) is 15.3. The fraction of sp³-hybridized carbons (Fsp3) is 0.391. The van der Waals surface area contributed by atoms with E-state index in [-0.39, 0.29) is 12.6 Å². The minimum absolute atomic E-state index is 0.114. The molecule has 2 aromatic rings. The summed E-state index contributed by atoms with van der Waals surface area (Å²) < 4.78 is 31.4. The summed E-state index contributed by atoms with van der Waals surface area (Å²) in [4.78, 5) is 12.3. The van der Waals surface area contributed by atoms with Crippen molar-refractivity contribution in [2.24, 2.45) is 5.10 Å². The Kier molecular flexibility index (Phi) is 8.20. The third-order valence-electron chi connectivity index (χ3n) is 5.22. The Hall–Kier alpha value is -2.71. The van der Waals surface area contributed by atoms with Crippen LogP contribution >= 0.6 is 0 Å². The van der Waals surface area contributed by atoms with Crippen molar-refractivity contribution < 1.29 is 17.9 Å². The van der Waals surface area contributed by atoms with Crippen LogP contribution in [0.25, 0.3) is 0 Å². The molecule has 0 saturated heterocycles. The van der Waals surface area contributed by atoms with Gasteiger partial charge in [0.25, 0.3) is 5.91 Å². The molecule has 3 rings (SSSR count). The van der Waals surface area contributed by atoms with E-state index in [4.69, 9.17) is 4.74 Å². The number of amides is 1. The Bertz CT molecular complexity index is 987. The maximum atomic E-state index is 12.3. The van der Waals surface area contributed by atoms with Crippen LogP contribution in [0.5, 0.6) is 5.75 Å². The van der Waals surface area contributed by atoms with E-state index in [9.17, 15) is 13.2 Å². The molecule has 1 amide bonds. The van der Waals surface area contributed by atoms with Gasteiger partial charge in [-0.05, 0) is 36.1 Å². The number of rotatable bonds is 9. The molecule has 0 unspecified atom stereocenters. The molecule has 0 radical (unpaired) electrons. The van der Waals surface area contributed by atoms with Gasteiger partial charge in [0.1, 0.15) is 12.4 Å². The molecule has 0 bridgehead atoms. The molecule has 1 aliphatic carbocycles. The van der Waals surface area contributed by atoms with Crippen molar-refractivity contribution in [3.05, 3.63) is 65.7 Å². The molecule has 0 aliphatic heterocycles. The van der Waals surface area contributed by atoms with Gasteiger partial charge in [-0.2, -0.15) is 9.41 Å². The molecule has 1 N–H and O–H groups in total. The number of ether oxygens (including phenoxy) is 1. The minimum atomic E-state index is -3.47. The standard InChI is InChI=1S/C23H29N3O4S/c1-31(28,29)26(21-12-6-3-7-13-21)17-23(27)25-24-16-20-11-8-14-22(15-20)30-18-19-9-4-2-5-10-19/h2,4-5,8-11,14-16,21H,3,6-7,12-13,17-18H2,1H3,(H,25,27)/b24-16+. The third kappa shape index (κ3) is 7.48. The van der Waals surface area contributed by atoms with E-state index in [0.717, 1.165) is 49.5 Å². The van der Waals surface area contributed by atoms with Gasteiger partial charge in [-0.25, -0.2) is 13.8 Å². The average molecular weight is 444 g/mol. The summed E-state index contributed by atoms with van der Waals surface area (Å²) in [5.41, 5.74) is 4.27. The van der Waals surface area contributed by atoms with E-state index in [1.807, 2.05) is 54.6 Å². The van der Waals surface area contributed by atoms with Gasteiger partial charge in [0.2, 0.25) is 10.0 Å². The quantitative estimate of drug-likeness (QED) is 0.476. The maximum absolute atomic E-state index is 12.3.